The minimum atomic E-state index is -1.04. The zero-order chi connectivity index (χ0) is 24.2. The number of hydrogen-bond donors (Lipinski definition) is 2. The van der Waals surface area contributed by atoms with Gasteiger partial charge in [0.2, 0.25) is 11.2 Å². The number of nitrogens with one attached hydrogen (secondary N) is 1. The second kappa shape index (κ2) is 10.1. The van der Waals surface area contributed by atoms with Gasteiger partial charge in [-0.2, -0.15) is 0 Å². The van der Waals surface area contributed by atoms with Gasteiger partial charge in [0, 0.05) is 30.8 Å². The molecule has 1 saturated heterocycles. The highest BCUT2D eigenvalue weighted by atomic mass is 16.5. The molecular weight excluding hydrogens is 444 g/mol. The van der Waals surface area contributed by atoms with Crippen molar-refractivity contribution in [2.75, 3.05) is 40.5 Å². The Morgan fingerprint density at radius 1 is 1.18 bits per heavy atom. The van der Waals surface area contributed by atoms with Crippen LogP contribution in [0.5, 0.6) is 11.5 Å². The third-order valence-corrected chi connectivity index (χ3v) is 5.86. The van der Waals surface area contributed by atoms with Crippen LogP contribution in [-0.4, -0.2) is 61.5 Å². The lowest BCUT2D eigenvalue weighted by atomic mass is 9.92. The quantitative estimate of drug-likeness (QED) is 0.496. The average Bonchev–Trinajstić information content (AvgIpc) is 2.84. The second-order valence-corrected chi connectivity index (χ2v) is 8.02. The lowest BCUT2D eigenvalue weighted by molar-refractivity contribution is -0.140. The van der Waals surface area contributed by atoms with E-state index in [1.54, 1.807) is 24.3 Å². The number of ether oxygens (including phenoxy) is 3. The van der Waals surface area contributed by atoms with E-state index in [9.17, 15) is 19.5 Å². The summed E-state index contributed by atoms with van der Waals surface area (Å²) in [6.07, 6.45) is -0.307. The molecule has 10 heteroatoms. The van der Waals surface area contributed by atoms with E-state index in [4.69, 9.17) is 18.6 Å². The molecule has 1 aromatic carbocycles. The van der Waals surface area contributed by atoms with Crippen molar-refractivity contribution in [3.63, 3.8) is 0 Å². The van der Waals surface area contributed by atoms with Crippen molar-refractivity contribution in [2.45, 2.75) is 18.9 Å². The van der Waals surface area contributed by atoms with Crippen molar-refractivity contribution in [3.05, 3.63) is 68.0 Å². The van der Waals surface area contributed by atoms with Gasteiger partial charge in [0.25, 0.3) is 5.56 Å². The first kappa shape index (κ1) is 23.5. The maximum absolute atomic E-state index is 13.0. The Bertz CT molecular complexity index is 1310. The van der Waals surface area contributed by atoms with Crippen LogP contribution in [0.15, 0.2) is 44.3 Å². The minimum absolute atomic E-state index is 0.153. The number of H-pyrrole nitrogens is 1. The molecular formula is C24H26N2O8. The zero-order valence-electron chi connectivity index (χ0n) is 19.0. The smallest absolute Gasteiger partial charge is 0.306 e. The Hall–Kier alpha value is -3.63. The van der Waals surface area contributed by atoms with E-state index in [1.165, 1.54) is 20.3 Å². The van der Waals surface area contributed by atoms with Crippen LogP contribution in [0.2, 0.25) is 0 Å². The molecule has 0 radical (unpaired) electrons. The fourth-order valence-electron chi connectivity index (χ4n) is 4.03. The molecule has 4 rings (SSSR count). The number of nitrogens with zero attached hydrogens (tertiary/aromatic N) is 1. The van der Waals surface area contributed by atoms with Crippen LogP contribution >= 0.6 is 0 Å². The normalized spacial score (nSPS) is 15.2. The molecule has 0 amide bonds. The summed E-state index contributed by atoms with van der Waals surface area (Å²) in [4.78, 5) is 42.7. The number of fused-ring (bicyclic) bond motifs is 1. The summed E-state index contributed by atoms with van der Waals surface area (Å²) < 4.78 is 21.3. The predicted molar refractivity (Wildman–Crippen MR) is 122 cm³/mol. The minimum Gasteiger partial charge on any atom is -0.502 e. The maximum Gasteiger partial charge on any atom is 0.306 e. The van der Waals surface area contributed by atoms with Crippen LogP contribution in [0.25, 0.3) is 10.9 Å². The van der Waals surface area contributed by atoms with E-state index in [2.05, 4.69) is 4.98 Å². The third-order valence-electron chi connectivity index (χ3n) is 5.86. The topological polar surface area (TPSA) is 131 Å². The van der Waals surface area contributed by atoms with Gasteiger partial charge in [-0.05, 0) is 23.6 Å². The first-order chi connectivity index (χ1) is 16.4. The number of aromatic hydroxyl groups is 1. The van der Waals surface area contributed by atoms with E-state index < -0.39 is 28.6 Å². The number of hydrogen-bond acceptors (Lipinski definition) is 9. The number of methoxy groups -OCH3 is 2. The van der Waals surface area contributed by atoms with Crippen molar-refractivity contribution in [3.8, 4) is 11.5 Å². The van der Waals surface area contributed by atoms with Crippen molar-refractivity contribution in [1.82, 2.24) is 9.88 Å². The van der Waals surface area contributed by atoms with Gasteiger partial charge in [-0.25, -0.2) is 0 Å². The SMILES string of the molecule is COC(=O)C[C@@H](c1oc(CN2CCOCC2)cc(=O)c1O)c1cc2ccc(OC)cc2[nH]c1=O. The molecule has 0 saturated carbocycles. The van der Waals surface area contributed by atoms with Gasteiger partial charge in [-0.1, -0.05) is 0 Å². The zero-order valence-corrected chi connectivity index (χ0v) is 19.0. The Kier molecular flexibility index (Phi) is 6.99. The molecule has 1 aliphatic rings. The molecule has 0 bridgehead atoms. The first-order valence-corrected chi connectivity index (χ1v) is 10.8. The lowest BCUT2D eigenvalue weighted by Gasteiger charge is -2.26. The summed E-state index contributed by atoms with van der Waals surface area (Å²) in [7, 11) is 2.75. The molecule has 2 aromatic heterocycles. The number of benzene rings is 1. The van der Waals surface area contributed by atoms with E-state index in [0.717, 1.165) is 0 Å². The van der Waals surface area contributed by atoms with E-state index in [0.29, 0.717) is 55.3 Å². The van der Waals surface area contributed by atoms with Gasteiger partial charge in [-0.15, -0.1) is 0 Å². The van der Waals surface area contributed by atoms with Crippen molar-refractivity contribution in [1.29, 1.82) is 0 Å². The van der Waals surface area contributed by atoms with Crippen molar-refractivity contribution >= 4 is 16.9 Å². The maximum atomic E-state index is 13.0. The number of rotatable bonds is 7. The second-order valence-electron chi connectivity index (χ2n) is 8.02. The molecule has 1 atom stereocenters. The third kappa shape index (κ3) is 4.97. The first-order valence-electron chi connectivity index (χ1n) is 10.8. The fraction of sp³-hybridized carbons (Fsp3) is 0.375. The number of carbonyl (C=O) groups excluding carboxylic acids is 1. The number of morpholine rings is 1. The van der Waals surface area contributed by atoms with Gasteiger partial charge >= 0.3 is 5.97 Å². The summed E-state index contributed by atoms with van der Waals surface area (Å²) in [5.41, 5.74) is -0.446. The highest BCUT2D eigenvalue weighted by Crippen LogP contribution is 2.33. The molecule has 0 unspecified atom stereocenters. The Balaban J connectivity index is 1.81. The van der Waals surface area contributed by atoms with Crippen LogP contribution in [0, 0.1) is 0 Å². The molecule has 34 heavy (non-hydrogen) atoms. The number of pyridine rings is 1. The Labute approximate surface area is 194 Å². The standard InChI is InChI=1S/C24H26N2O8/c1-31-15-4-3-14-9-18(24(30)25-19(14)10-15)17(12-21(28)32-2)23-22(29)20(27)11-16(34-23)13-26-5-7-33-8-6-26/h3-4,9-11,17,29H,5-8,12-13H2,1-2H3,(H,25,30)/t17-/m1/s1. The van der Waals surface area contributed by atoms with Crippen LogP contribution in [0.1, 0.15) is 29.4 Å². The number of esters is 1. The van der Waals surface area contributed by atoms with Crippen LogP contribution in [0.3, 0.4) is 0 Å². The van der Waals surface area contributed by atoms with E-state index in [-0.39, 0.29) is 17.7 Å². The van der Waals surface area contributed by atoms with Crippen molar-refractivity contribution in [2.24, 2.45) is 0 Å². The molecule has 10 nitrogen and oxygen atoms in total. The highest BCUT2D eigenvalue weighted by Gasteiger charge is 2.29. The molecule has 3 heterocycles. The van der Waals surface area contributed by atoms with Crippen molar-refractivity contribution < 1.29 is 28.5 Å². The summed E-state index contributed by atoms with van der Waals surface area (Å²) in [6, 6.07) is 8.00. The average molecular weight is 470 g/mol. The monoisotopic (exact) mass is 470 g/mol. The largest absolute Gasteiger partial charge is 0.502 e. The number of aromatic nitrogens is 1. The molecule has 0 aliphatic carbocycles. The van der Waals surface area contributed by atoms with Gasteiger partial charge in [0.15, 0.2) is 5.76 Å². The van der Waals surface area contributed by atoms with E-state index >= 15 is 0 Å². The molecule has 2 N–H and O–H groups in total. The summed E-state index contributed by atoms with van der Waals surface area (Å²) in [5.74, 6) is -1.58. The molecule has 0 spiro atoms. The Morgan fingerprint density at radius 2 is 1.94 bits per heavy atom. The molecule has 180 valence electrons. The fourth-order valence-corrected chi connectivity index (χ4v) is 4.03. The van der Waals surface area contributed by atoms with Crippen LogP contribution in [0.4, 0.5) is 0 Å². The number of aromatic amines is 1. The van der Waals surface area contributed by atoms with Gasteiger partial charge < -0.3 is 28.7 Å². The van der Waals surface area contributed by atoms with Crippen LogP contribution < -0.4 is 15.7 Å². The van der Waals surface area contributed by atoms with Gasteiger partial charge in [0.1, 0.15) is 11.5 Å². The predicted octanol–water partition coefficient (Wildman–Crippen LogP) is 1.72. The Morgan fingerprint density at radius 3 is 2.65 bits per heavy atom. The summed E-state index contributed by atoms with van der Waals surface area (Å²) in [5, 5.41) is 11.3. The molecule has 3 aromatic rings. The molecule has 1 fully saturated rings. The highest BCUT2D eigenvalue weighted by molar-refractivity contribution is 5.81. The van der Waals surface area contributed by atoms with Gasteiger partial charge in [-0.3, -0.25) is 19.3 Å². The summed E-state index contributed by atoms with van der Waals surface area (Å²) >= 11 is 0. The molecule has 1 aliphatic heterocycles. The summed E-state index contributed by atoms with van der Waals surface area (Å²) in [6.45, 7) is 2.79. The van der Waals surface area contributed by atoms with Gasteiger partial charge in [0.05, 0.1) is 51.8 Å². The van der Waals surface area contributed by atoms with E-state index in [1.807, 2.05) is 4.90 Å². The number of carbonyl (C=O) groups is 1. The lowest BCUT2D eigenvalue weighted by Crippen LogP contribution is -2.35. The van der Waals surface area contributed by atoms with Crippen LogP contribution in [-0.2, 0) is 20.8 Å².